The summed E-state index contributed by atoms with van der Waals surface area (Å²) in [6.07, 6.45) is 0.337. The van der Waals surface area contributed by atoms with Crippen LogP contribution < -0.4 is 11.0 Å². The first-order valence-electron chi connectivity index (χ1n) is 6.92. The maximum Gasteiger partial charge on any atom is 0.418 e. The molecule has 0 aromatic heterocycles. The summed E-state index contributed by atoms with van der Waals surface area (Å²) in [6, 6.07) is -2.14. The molecule has 0 spiro atoms. The SMILES string of the molecule is O=C(NOC1CNOC1)[C@@H]1CCC2CN1C(=O)N2OS(=O)(=O)O. The van der Waals surface area contributed by atoms with Gasteiger partial charge in [-0.3, -0.25) is 19.0 Å². The van der Waals surface area contributed by atoms with Gasteiger partial charge in [0.15, 0.2) is 0 Å². The fourth-order valence-electron chi connectivity index (χ4n) is 2.75. The topological polar surface area (TPSA) is 147 Å². The van der Waals surface area contributed by atoms with Crippen molar-refractivity contribution in [3.8, 4) is 0 Å². The Labute approximate surface area is 131 Å². The van der Waals surface area contributed by atoms with Crippen molar-refractivity contribution in [1.29, 1.82) is 0 Å². The highest BCUT2D eigenvalue weighted by Gasteiger charge is 2.49. The normalized spacial score (nSPS) is 30.8. The number of hydrogen-bond donors (Lipinski definition) is 3. The number of nitrogens with one attached hydrogen (secondary N) is 2. The van der Waals surface area contributed by atoms with Crippen molar-refractivity contribution in [2.24, 2.45) is 0 Å². The fraction of sp³-hybridized carbons (Fsp3) is 0.800. The van der Waals surface area contributed by atoms with E-state index in [4.69, 9.17) is 14.2 Å². The Morgan fingerprint density at radius 3 is 2.87 bits per heavy atom. The van der Waals surface area contributed by atoms with E-state index >= 15 is 0 Å². The molecular formula is C10H16N4O8S. The Hall–Kier alpha value is -1.51. The third-order valence-corrected chi connectivity index (χ3v) is 4.16. The minimum Gasteiger partial charge on any atom is -0.309 e. The van der Waals surface area contributed by atoms with Crippen LogP contribution in [0, 0.1) is 0 Å². The Morgan fingerprint density at radius 1 is 1.43 bits per heavy atom. The van der Waals surface area contributed by atoms with Crippen LogP contribution in [0.2, 0.25) is 0 Å². The van der Waals surface area contributed by atoms with Crippen molar-refractivity contribution in [1.82, 2.24) is 20.9 Å². The summed E-state index contributed by atoms with van der Waals surface area (Å²) in [6.45, 7) is 0.831. The number of hydroxylamine groups is 4. The summed E-state index contributed by atoms with van der Waals surface area (Å²) in [5.74, 6) is -0.516. The molecule has 0 aromatic carbocycles. The molecule has 23 heavy (non-hydrogen) atoms. The molecular weight excluding hydrogens is 336 g/mol. The molecule has 2 bridgehead atoms. The highest BCUT2D eigenvalue weighted by atomic mass is 32.3. The van der Waals surface area contributed by atoms with Crippen molar-refractivity contribution in [2.45, 2.75) is 31.0 Å². The summed E-state index contributed by atoms with van der Waals surface area (Å²) in [7, 11) is -4.81. The second-order valence-electron chi connectivity index (χ2n) is 5.38. The minimum atomic E-state index is -4.81. The third kappa shape index (κ3) is 3.54. The van der Waals surface area contributed by atoms with E-state index in [9.17, 15) is 18.0 Å². The van der Waals surface area contributed by atoms with Gasteiger partial charge in [-0.2, -0.15) is 19.0 Å². The van der Waals surface area contributed by atoms with Crippen molar-refractivity contribution in [3.63, 3.8) is 0 Å². The number of rotatable bonds is 5. The standard InChI is InChI=1S/C10H16N4O8S/c15-9(12-21-7-3-11-20-5-7)8-2-1-6-4-13(8)10(16)14(6)22-23(17,18)19/h6-8,11H,1-5H2,(H,12,15)(H,17,18,19)/t6?,7?,8-/m0/s1. The summed E-state index contributed by atoms with van der Waals surface area (Å²) in [4.78, 5) is 35.5. The number of hydrogen-bond acceptors (Lipinski definition) is 8. The number of carbonyl (C=O) groups is 2. The second-order valence-corrected chi connectivity index (χ2v) is 6.38. The Kier molecular flexibility index (Phi) is 4.39. The molecule has 3 atom stereocenters. The Balaban J connectivity index is 1.60. The van der Waals surface area contributed by atoms with E-state index in [1.165, 1.54) is 4.90 Å². The third-order valence-electron chi connectivity index (χ3n) is 3.81. The summed E-state index contributed by atoms with van der Waals surface area (Å²) in [5.41, 5.74) is 4.87. The lowest BCUT2D eigenvalue weighted by Crippen LogP contribution is -2.50. The van der Waals surface area contributed by atoms with Crippen molar-refractivity contribution < 1.29 is 36.5 Å². The van der Waals surface area contributed by atoms with Crippen LogP contribution >= 0.6 is 0 Å². The van der Waals surface area contributed by atoms with Gasteiger partial charge in [0.25, 0.3) is 5.91 Å². The van der Waals surface area contributed by atoms with Crippen molar-refractivity contribution in [3.05, 3.63) is 0 Å². The van der Waals surface area contributed by atoms with E-state index in [2.05, 4.69) is 15.2 Å². The van der Waals surface area contributed by atoms with Crippen LogP contribution in [-0.2, 0) is 29.2 Å². The zero-order chi connectivity index (χ0) is 16.6. The molecule has 0 radical (unpaired) electrons. The monoisotopic (exact) mass is 352 g/mol. The Bertz CT molecular complexity index is 592. The van der Waals surface area contributed by atoms with Gasteiger partial charge in [0, 0.05) is 6.54 Å². The number of amides is 3. The second kappa shape index (κ2) is 6.18. The first-order chi connectivity index (χ1) is 10.8. The van der Waals surface area contributed by atoms with Gasteiger partial charge in [0.2, 0.25) is 0 Å². The van der Waals surface area contributed by atoms with E-state index in [1.54, 1.807) is 0 Å². The summed E-state index contributed by atoms with van der Waals surface area (Å²) < 4.78 is 34.6. The molecule has 130 valence electrons. The predicted octanol–water partition coefficient (Wildman–Crippen LogP) is -2.06. The van der Waals surface area contributed by atoms with Crippen LogP contribution in [0.15, 0.2) is 0 Å². The molecule has 12 nitrogen and oxygen atoms in total. The van der Waals surface area contributed by atoms with Crippen LogP contribution in [0.25, 0.3) is 0 Å². The van der Waals surface area contributed by atoms with E-state index in [-0.39, 0.29) is 19.3 Å². The summed E-state index contributed by atoms with van der Waals surface area (Å²) >= 11 is 0. The maximum atomic E-state index is 12.2. The van der Waals surface area contributed by atoms with Crippen LogP contribution in [-0.4, -0.2) is 72.8 Å². The fourth-order valence-corrected chi connectivity index (χ4v) is 3.14. The molecule has 3 heterocycles. The zero-order valence-electron chi connectivity index (χ0n) is 11.9. The number of piperidine rings is 1. The molecule has 3 saturated heterocycles. The molecule has 3 aliphatic rings. The number of nitrogens with zero attached hydrogens (tertiary/aromatic N) is 2. The lowest BCUT2D eigenvalue weighted by Gasteiger charge is -2.29. The van der Waals surface area contributed by atoms with E-state index < -0.39 is 34.4 Å². The zero-order valence-corrected chi connectivity index (χ0v) is 12.7. The molecule has 0 aromatic rings. The molecule has 0 saturated carbocycles. The molecule has 3 N–H and O–H groups in total. The van der Waals surface area contributed by atoms with Crippen molar-refractivity contribution >= 4 is 22.3 Å². The van der Waals surface area contributed by atoms with Gasteiger partial charge in [0.1, 0.15) is 12.1 Å². The molecule has 0 aliphatic carbocycles. The molecule has 3 fully saturated rings. The Morgan fingerprint density at radius 2 is 2.22 bits per heavy atom. The van der Waals surface area contributed by atoms with Gasteiger partial charge in [-0.1, -0.05) is 0 Å². The van der Waals surface area contributed by atoms with Gasteiger partial charge in [0.05, 0.1) is 19.2 Å². The summed E-state index contributed by atoms with van der Waals surface area (Å²) in [5, 5.41) is 0.582. The van der Waals surface area contributed by atoms with Crippen LogP contribution in [0.3, 0.4) is 0 Å². The highest BCUT2D eigenvalue weighted by Crippen LogP contribution is 2.30. The molecule has 3 amide bonds. The van der Waals surface area contributed by atoms with Crippen LogP contribution in [0.1, 0.15) is 12.8 Å². The van der Waals surface area contributed by atoms with Gasteiger partial charge in [-0.05, 0) is 12.8 Å². The average Bonchev–Trinajstić information content (AvgIpc) is 3.08. The highest BCUT2D eigenvalue weighted by molar-refractivity contribution is 7.80. The van der Waals surface area contributed by atoms with E-state index in [0.29, 0.717) is 24.4 Å². The lowest BCUT2D eigenvalue weighted by atomic mass is 10.0. The van der Waals surface area contributed by atoms with Crippen LogP contribution in [0.5, 0.6) is 0 Å². The van der Waals surface area contributed by atoms with Gasteiger partial charge in [-0.25, -0.2) is 10.3 Å². The smallest absolute Gasteiger partial charge is 0.309 e. The predicted molar refractivity (Wildman–Crippen MR) is 70.4 cm³/mol. The number of urea groups is 1. The molecule has 13 heteroatoms. The van der Waals surface area contributed by atoms with Crippen molar-refractivity contribution in [2.75, 3.05) is 19.7 Å². The number of fused-ring (bicyclic) bond motifs is 2. The minimum absolute atomic E-state index is 0.126. The van der Waals surface area contributed by atoms with Gasteiger partial charge >= 0.3 is 16.4 Å². The average molecular weight is 352 g/mol. The molecule has 2 unspecified atom stereocenters. The number of carbonyl (C=O) groups excluding carboxylic acids is 2. The lowest BCUT2D eigenvalue weighted by molar-refractivity contribution is -0.143. The first kappa shape index (κ1) is 16.4. The quantitative estimate of drug-likeness (QED) is 0.375. The first-order valence-corrected chi connectivity index (χ1v) is 8.28. The maximum absolute atomic E-state index is 12.2. The molecule has 3 rings (SSSR count). The molecule has 3 aliphatic heterocycles. The van der Waals surface area contributed by atoms with Gasteiger partial charge < -0.3 is 4.90 Å². The van der Waals surface area contributed by atoms with E-state index in [1.807, 2.05) is 0 Å². The van der Waals surface area contributed by atoms with Gasteiger partial charge in [-0.15, -0.1) is 4.28 Å². The van der Waals surface area contributed by atoms with E-state index in [0.717, 1.165) is 0 Å². The van der Waals surface area contributed by atoms with Crippen LogP contribution in [0.4, 0.5) is 4.79 Å². The largest absolute Gasteiger partial charge is 0.418 e.